The van der Waals surface area contributed by atoms with Crippen LogP contribution in [0, 0.1) is 5.41 Å². The Morgan fingerprint density at radius 3 is 2.36 bits per heavy atom. The Morgan fingerprint density at radius 1 is 1.18 bits per heavy atom. The van der Waals surface area contributed by atoms with Gasteiger partial charge in [0.05, 0.1) is 15.1 Å². The minimum absolute atomic E-state index is 0.0274. The summed E-state index contributed by atoms with van der Waals surface area (Å²) in [7, 11) is 4.00. The van der Waals surface area contributed by atoms with Crippen LogP contribution < -0.4 is 10.1 Å². The predicted octanol–water partition coefficient (Wildman–Crippen LogP) is 3.73. The van der Waals surface area contributed by atoms with Crippen molar-refractivity contribution in [1.82, 2.24) is 10.2 Å². The summed E-state index contributed by atoms with van der Waals surface area (Å²) in [5.41, 5.74) is -0.0274. The minimum atomic E-state index is -0.214. The summed E-state index contributed by atoms with van der Waals surface area (Å²) in [4.78, 5) is 13.9. The highest BCUT2D eigenvalue weighted by atomic mass is 35.5. The van der Waals surface area contributed by atoms with Crippen LogP contribution in [0.2, 0.25) is 15.1 Å². The van der Waals surface area contributed by atoms with Crippen molar-refractivity contribution in [3.05, 3.63) is 27.2 Å². The van der Waals surface area contributed by atoms with E-state index in [1.165, 1.54) is 12.1 Å². The number of rotatable bonds is 7. The molecule has 4 nitrogen and oxygen atoms in total. The van der Waals surface area contributed by atoms with E-state index < -0.39 is 0 Å². The highest BCUT2D eigenvalue weighted by Crippen LogP contribution is 2.33. The molecule has 1 rings (SSSR count). The van der Waals surface area contributed by atoms with Crippen LogP contribution in [0.25, 0.3) is 0 Å². The van der Waals surface area contributed by atoms with Gasteiger partial charge in [-0.05, 0) is 25.6 Å². The molecular formula is C15H21Cl3N2O2. The number of carbonyl (C=O) groups is 1. The fraction of sp³-hybridized carbons (Fsp3) is 0.533. The number of hydrogen-bond acceptors (Lipinski definition) is 3. The van der Waals surface area contributed by atoms with Gasteiger partial charge in [0.15, 0.2) is 6.61 Å². The first-order chi connectivity index (χ1) is 10.1. The van der Waals surface area contributed by atoms with Gasteiger partial charge in [0.2, 0.25) is 0 Å². The minimum Gasteiger partial charge on any atom is -0.482 e. The van der Waals surface area contributed by atoms with Crippen molar-refractivity contribution in [2.24, 2.45) is 5.41 Å². The lowest BCUT2D eigenvalue weighted by atomic mass is 9.93. The molecule has 0 saturated heterocycles. The van der Waals surface area contributed by atoms with Crippen molar-refractivity contribution in [2.45, 2.75) is 13.8 Å². The zero-order chi connectivity index (χ0) is 16.9. The lowest BCUT2D eigenvalue weighted by Gasteiger charge is -2.28. The summed E-state index contributed by atoms with van der Waals surface area (Å²) in [6, 6.07) is 2.98. The van der Waals surface area contributed by atoms with E-state index >= 15 is 0 Å². The van der Waals surface area contributed by atoms with Gasteiger partial charge in [-0.1, -0.05) is 48.7 Å². The lowest BCUT2D eigenvalue weighted by molar-refractivity contribution is -0.123. The quantitative estimate of drug-likeness (QED) is 0.747. The zero-order valence-corrected chi connectivity index (χ0v) is 15.4. The van der Waals surface area contributed by atoms with E-state index in [4.69, 9.17) is 39.5 Å². The number of carbonyl (C=O) groups excluding carboxylic acids is 1. The van der Waals surface area contributed by atoms with Crippen molar-refractivity contribution in [3.63, 3.8) is 0 Å². The van der Waals surface area contributed by atoms with Gasteiger partial charge in [0.25, 0.3) is 5.91 Å². The van der Waals surface area contributed by atoms with E-state index in [9.17, 15) is 4.79 Å². The summed E-state index contributed by atoms with van der Waals surface area (Å²) in [5, 5.41) is 3.84. The molecule has 124 valence electrons. The van der Waals surface area contributed by atoms with Crippen molar-refractivity contribution < 1.29 is 9.53 Å². The first kappa shape index (κ1) is 19.4. The third-order valence-corrected chi connectivity index (χ3v) is 3.86. The fourth-order valence-electron chi connectivity index (χ4n) is 2.06. The van der Waals surface area contributed by atoms with Crippen molar-refractivity contribution in [2.75, 3.05) is 33.8 Å². The number of nitrogens with one attached hydrogen (secondary N) is 1. The number of ether oxygens (including phenoxy) is 1. The van der Waals surface area contributed by atoms with Crippen LogP contribution in [0.5, 0.6) is 5.75 Å². The van der Waals surface area contributed by atoms with Gasteiger partial charge in [-0.15, -0.1) is 0 Å². The molecule has 1 aromatic rings. The summed E-state index contributed by atoms with van der Waals surface area (Å²) in [5.74, 6) is 0.118. The third-order valence-electron chi connectivity index (χ3n) is 2.84. The first-order valence-corrected chi connectivity index (χ1v) is 7.93. The Morgan fingerprint density at radius 2 is 1.77 bits per heavy atom. The molecule has 1 amide bonds. The molecular weight excluding hydrogens is 347 g/mol. The van der Waals surface area contributed by atoms with Gasteiger partial charge in [0, 0.05) is 19.2 Å². The van der Waals surface area contributed by atoms with E-state index in [0.29, 0.717) is 27.4 Å². The maximum Gasteiger partial charge on any atom is 0.257 e. The van der Waals surface area contributed by atoms with E-state index in [1.807, 2.05) is 14.1 Å². The topological polar surface area (TPSA) is 41.6 Å². The summed E-state index contributed by atoms with van der Waals surface area (Å²) < 4.78 is 5.38. The maximum absolute atomic E-state index is 11.9. The molecule has 0 unspecified atom stereocenters. The molecule has 0 bridgehead atoms. The van der Waals surface area contributed by atoms with E-state index in [2.05, 4.69) is 24.1 Å². The molecule has 0 radical (unpaired) electrons. The van der Waals surface area contributed by atoms with Gasteiger partial charge in [-0.25, -0.2) is 0 Å². The van der Waals surface area contributed by atoms with Crippen LogP contribution >= 0.6 is 34.8 Å². The summed E-state index contributed by atoms with van der Waals surface area (Å²) in [6.07, 6.45) is 0. The monoisotopic (exact) mass is 366 g/mol. The molecule has 7 heteroatoms. The summed E-state index contributed by atoms with van der Waals surface area (Å²) >= 11 is 17.7. The molecule has 0 aromatic heterocycles. The van der Waals surface area contributed by atoms with Crippen LogP contribution in [0.1, 0.15) is 13.8 Å². The van der Waals surface area contributed by atoms with Crippen molar-refractivity contribution >= 4 is 40.7 Å². The number of hydrogen-bond donors (Lipinski definition) is 1. The fourth-order valence-corrected chi connectivity index (χ4v) is 2.65. The Hall–Kier alpha value is -0.680. The lowest BCUT2D eigenvalue weighted by Crippen LogP contribution is -2.41. The Balaban J connectivity index is 2.49. The van der Waals surface area contributed by atoms with Gasteiger partial charge < -0.3 is 15.0 Å². The third kappa shape index (κ3) is 6.61. The van der Waals surface area contributed by atoms with Crippen molar-refractivity contribution in [3.8, 4) is 5.75 Å². The SMILES string of the molecule is CN(C)CC(C)(C)CNC(=O)COc1cc(Cl)c(Cl)cc1Cl. The van der Waals surface area contributed by atoms with Gasteiger partial charge in [0.1, 0.15) is 5.75 Å². The smallest absolute Gasteiger partial charge is 0.257 e. The molecule has 0 aliphatic carbocycles. The van der Waals surface area contributed by atoms with Crippen molar-refractivity contribution in [1.29, 1.82) is 0 Å². The van der Waals surface area contributed by atoms with Gasteiger partial charge >= 0.3 is 0 Å². The van der Waals surface area contributed by atoms with Crippen LogP contribution in [0.3, 0.4) is 0 Å². The standard InChI is InChI=1S/C15H21Cl3N2O2/c1-15(2,9-20(3)4)8-19-14(21)7-22-13-6-11(17)10(16)5-12(13)18/h5-6H,7-9H2,1-4H3,(H,19,21). The molecule has 0 heterocycles. The molecule has 0 spiro atoms. The molecule has 0 aliphatic rings. The second-order valence-electron chi connectivity index (χ2n) is 6.16. The highest BCUT2D eigenvalue weighted by molar-refractivity contribution is 6.43. The normalized spacial score (nSPS) is 11.6. The van der Waals surface area contributed by atoms with Crippen LogP contribution in [0.4, 0.5) is 0 Å². The van der Waals surface area contributed by atoms with Crippen LogP contribution in [-0.2, 0) is 4.79 Å². The number of benzene rings is 1. The summed E-state index contributed by atoms with van der Waals surface area (Å²) in [6.45, 7) is 5.47. The largest absolute Gasteiger partial charge is 0.482 e. The average molecular weight is 368 g/mol. The Kier molecular flexibility index (Phi) is 7.26. The molecule has 0 atom stereocenters. The second-order valence-corrected chi connectivity index (χ2v) is 7.39. The maximum atomic E-state index is 11.9. The number of halogens is 3. The average Bonchev–Trinajstić information content (AvgIpc) is 2.37. The van der Waals surface area contributed by atoms with Gasteiger partial charge in [-0.2, -0.15) is 0 Å². The molecule has 0 aliphatic heterocycles. The molecule has 1 aromatic carbocycles. The Labute approximate surface area is 146 Å². The molecule has 0 fully saturated rings. The van der Waals surface area contributed by atoms with Crippen LogP contribution in [-0.4, -0.2) is 44.6 Å². The highest BCUT2D eigenvalue weighted by Gasteiger charge is 2.20. The first-order valence-electron chi connectivity index (χ1n) is 6.79. The number of amides is 1. The molecule has 22 heavy (non-hydrogen) atoms. The van der Waals surface area contributed by atoms with Crippen LogP contribution in [0.15, 0.2) is 12.1 Å². The van der Waals surface area contributed by atoms with Gasteiger partial charge in [-0.3, -0.25) is 4.79 Å². The van der Waals surface area contributed by atoms with E-state index in [0.717, 1.165) is 6.54 Å². The zero-order valence-electron chi connectivity index (χ0n) is 13.2. The molecule has 1 N–H and O–H groups in total. The van der Waals surface area contributed by atoms with E-state index in [-0.39, 0.29) is 17.9 Å². The van der Waals surface area contributed by atoms with E-state index in [1.54, 1.807) is 0 Å². The Bertz CT molecular complexity index is 534. The number of nitrogens with zero attached hydrogens (tertiary/aromatic N) is 1. The second kappa shape index (κ2) is 8.25. The molecule has 0 saturated carbocycles. The predicted molar refractivity (Wildman–Crippen MR) is 92.3 cm³/mol.